The molecule has 2 aromatic rings. The molecule has 94 valence electrons. The van der Waals surface area contributed by atoms with Crippen LogP contribution in [0.15, 0.2) is 24.5 Å². The van der Waals surface area contributed by atoms with Gasteiger partial charge in [0, 0.05) is 18.2 Å². The Bertz CT molecular complexity index is 561. The lowest BCUT2D eigenvalue weighted by Gasteiger charge is -2.08. The Balaban J connectivity index is 2.36. The zero-order chi connectivity index (χ0) is 13.1. The van der Waals surface area contributed by atoms with Gasteiger partial charge in [0.05, 0.1) is 11.4 Å². The SMILES string of the molecule is Fc1cc(F)cc(Oc2ncnc(Cl)c2CCl)c1. The lowest BCUT2D eigenvalue weighted by molar-refractivity contribution is 0.446. The second-order valence-electron chi connectivity index (χ2n) is 3.29. The molecule has 1 heterocycles. The average molecular weight is 291 g/mol. The maximum Gasteiger partial charge on any atom is 0.228 e. The summed E-state index contributed by atoms with van der Waals surface area (Å²) in [5, 5.41) is 0.131. The summed E-state index contributed by atoms with van der Waals surface area (Å²) < 4.78 is 31.2. The van der Waals surface area contributed by atoms with E-state index in [1.807, 2.05) is 0 Å². The number of hydrogen-bond donors (Lipinski definition) is 0. The van der Waals surface area contributed by atoms with Gasteiger partial charge in [0.25, 0.3) is 0 Å². The number of alkyl halides is 1. The predicted octanol–water partition coefficient (Wildman–Crippen LogP) is 3.94. The van der Waals surface area contributed by atoms with Gasteiger partial charge in [-0.1, -0.05) is 11.6 Å². The molecular formula is C11H6Cl2F2N2O. The third kappa shape index (κ3) is 2.86. The van der Waals surface area contributed by atoms with Crippen LogP contribution in [0.3, 0.4) is 0 Å². The smallest absolute Gasteiger partial charge is 0.228 e. The first-order chi connectivity index (χ1) is 8.60. The van der Waals surface area contributed by atoms with Crippen molar-refractivity contribution in [1.29, 1.82) is 0 Å². The molecule has 0 aliphatic heterocycles. The first-order valence-electron chi connectivity index (χ1n) is 4.79. The van der Waals surface area contributed by atoms with E-state index < -0.39 is 11.6 Å². The van der Waals surface area contributed by atoms with Crippen LogP contribution >= 0.6 is 23.2 Å². The van der Waals surface area contributed by atoms with Crippen molar-refractivity contribution in [3.63, 3.8) is 0 Å². The summed E-state index contributed by atoms with van der Waals surface area (Å²) in [5.74, 6) is -1.45. The Morgan fingerprint density at radius 1 is 1.11 bits per heavy atom. The molecule has 1 aromatic carbocycles. The Morgan fingerprint density at radius 3 is 2.39 bits per heavy atom. The van der Waals surface area contributed by atoms with Gasteiger partial charge in [-0.2, -0.15) is 0 Å². The minimum Gasteiger partial charge on any atom is -0.438 e. The molecule has 0 saturated carbocycles. The van der Waals surface area contributed by atoms with E-state index in [1.54, 1.807) is 0 Å². The largest absolute Gasteiger partial charge is 0.438 e. The molecule has 0 saturated heterocycles. The van der Waals surface area contributed by atoms with Crippen LogP contribution in [0.2, 0.25) is 5.15 Å². The number of nitrogens with zero attached hydrogens (tertiary/aromatic N) is 2. The van der Waals surface area contributed by atoms with Crippen LogP contribution in [-0.2, 0) is 5.88 Å². The molecule has 0 atom stereocenters. The second kappa shape index (κ2) is 5.46. The molecule has 3 nitrogen and oxygen atoms in total. The van der Waals surface area contributed by atoms with Crippen LogP contribution in [0.1, 0.15) is 5.56 Å². The van der Waals surface area contributed by atoms with Crippen LogP contribution < -0.4 is 4.74 Å². The average Bonchev–Trinajstić information content (AvgIpc) is 2.27. The summed E-state index contributed by atoms with van der Waals surface area (Å²) in [6.07, 6.45) is 1.17. The number of rotatable bonds is 3. The normalized spacial score (nSPS) is 10.4. The molecule has 18 heavy (non-hydrogen) atoms. The molecule has 7 heteroatoms. The van der Waals surface area contributed by atoms with E-state index in [2.05, 4.69) is 9.97 Å². The van der Waals surface area contributed by atoms with Gasteiger partial charge < -0.3 is 4.74 Å². The predicted molar refractivity (Wildman–Crippen MR) is 63.0 cm³/mol. The number of aromatic nitrogens is 2. The highest BCUT2D eigenvalue weighted by Crippen LogP contribution is 2.28. The van der Waals surface area contributed by atoms with Gasteiger partial charge in [0.15, 0.2) is 0 Å². The summed E-state index contributed by atoms with van der Waals surface area (Å²) in [6.45, 7) is 0. The third-order valence-electron chi connectivity index (χ3n) is 2.04. The highest BCUT2D eigenvalue weighted by atomic mass is 35.5. The highest BCUT2D eigenvalue weighted by molar-refractivity contribution is 6.31. The minimum atomic E-state index is -0.752. The van der Waals surface area contributed by atoms with E-state index in [9.17, 15) is 8.78 Å². The zero-order valence-corrected chi connectivity index (χ0v) is 10.3. The molecular weight excluding hydrogens is 285 g/mol. The molecule has 0 aliphatic rings. The van der Waals surface area contributed by atoms with Crippen molar-refractivity contribution in [1.82, 2.24) is 9.97 Å². The zero-order valence-electron chi connectivity index (χ0n) is 8.83. The van der Waals surface area contributed by atoms with E-state index in [0.717, 1.165) is 18.2 Å². The fourth-order valence-electron chi connectivity index (χ4n) is 1.28. The number of benzene rings is 1. The van der Waals surface area contributed by atoms with Gasteiger partial charge in [0.2, 0.25) is 5.88 Å². The number of hydrogen-bond acceptors (Lipinski definition) is 3. The van der Waals surface area contributed by atoms with Crippen molar-refractivity contribution < 1.29 is 13.5 Å². The van der Waals surface area contributed by atoms with Crippen LogP contribution in [0, 0.1) is 11.6 Å². The van der Waals surface area contributed by atoms with Gasteiger partial charge in [-0.05, 0) is 0 Å². The lowest BCUT2D eigenvalue weighted by Crippen LogP contribution is -1.96. The topological polar surface area (TPSA) is 35.0 Å². The highest BCUT2D eigenvalue weighted by Gasteiger charge is 2.12. The van der Waals surface area contributed by atoms with E-state index in [4.69, 9.17) is 27.9 Å². The molecule has 0 radical (unpaired) electrons. The van der Waals surface area contributed by atoms with Crippen LogP contribution in [-0.4, -0.2) is 9.97 Å². The molecule has 0 unspecified atom stereocenters. The summed E-state index contributed by atoms with van der Waals surface area (Å²) in [5.41, 5.74) is 0.352. The van der Waals surface area contributed by atoms with Crippen molar-refractivity contribution in [2.75, 3.05) is 0 Å². The Hall–Kier alpha value is -1.46. The monoisotopic (exact) mass is 290 g/mol. The quantitative estimate of drug-likeness (QED) is 0.634. The number of halogens is 4. The fraction of sp³-hybridized carbons (Fsp3) is 0.0909. The van der Waals surface area contributed by atoms with E-state index in [0.29, 0.717) is 5.56 Å². The molecule has 0 N–H and O–H groups in total. The van der Waals surface area contributed by atoms with Crippen LogP contribution in [0.4, 0.5) is 8.78 Å². The standard InChI is InChI=1S/C11H6Cl2F2N2O/c12-4-9-10(13)16-5-17-11(9)18-8-2-6(14)1-7(15)3-8/h1-3,5H,4H2. The fourth-order valence-corrected chi connectivity index (χ4v) is 1.78. The van der Waals surface area contributed by atoms with Gasteiger partial charge in [-0.3, -0.25) is 0 Å². The Labute approximate surface area is 111 Å². The molecule has 0 amide bonds. The summed E-state index contributed by atoms with van der Waals surface area (Å²) >= 11 is 11.5. The maximum atomic E-state index is 13.0. The van der Waals surface area contributed by atoms with E-state index >= 15 is 0 Å². The van der Waals surface area contributed by atoms with Gasteiger partial charge in [-0.25, -0.2) is 18.7 Å². The van der Waals surface area contributed by atoms with Crippen LogP contribution in [0.5, 0.6) is 11.6 Å². The van der Waals surface area contributed by atoms with Crippen molar-refractivity contribution in [2.24, 2.45) is 0 Å². The van der Waals surface area contributed by atoms with Crippen LogP contribution in [0.25, 0.3) is 0 Å². The van der Waals surface area contributed by atoms with Crippen molar-refractivity contribution >= 4 is 23.2 Å². The summed E-state index contributed by atoms with van der Waals surface area (Å²) in [6, 6.07) is 2.79. The molecule has 0 spiro atoms. The Morgan fingerprint density at radius 2 is 1.78 bits per heavy atom. The Kier molecular flexibility index (Phi) is 3.93. The molecule has 0 fully saturated rings. The van der Waals surface area contributed by atoms with Gasteiger partial charge in [0.1, 0.15) is 28.9 Å². The molecule has 1 aromatic heterocycles. The van der Waals surface area contributed by atoms with E-state index in [-0.39, 0.29) is 22.7 Å². The van der Waals surface area contributed by atoms with Crippen molar-refractivity contribution in [3.8, 4) is 11.6 Å². The summed E-state index contributed by atoms with van der Waals surface area (Å²) in [7, 11) is 0. The molecule has 0 bridgehead atoms. The molecule has 0 aliphatic carbocycles. The first-order valence-corrected chi connectivity index (χ1v) is 5.70. The summed E-state index contributed by atoms with van der Waals surface area (Å²) in [4.78, 5) is 7.55. The minimum absolute atomic E-state index is 0.0206. The van der Waals surface area contributed by atoms with E-state index in [1.165, 1.54) is 6.33 Å². The van der Waals surface area contributed by atoms with Crippen molar-refractivity contribution in [3.05, 3.63) is 46.9 Å². The molecule has 2 rings (SSSR count). The lowest BCUT2D eigenvalue weighted by atomic mass is 10.3. The maximum absolute atomic E-state index is 13.0. The third-order valence-corrected chi connectivity index (χ3v) is 2.63. The van der Waals surface area contributed by atoms with Gasteiger partial charge in [-0.15, -0.1) is 11.6 Å². The van der Waals surface area contributed by atoms with Crippen molar-refractivity contribution in [2.45, 2.75) is 5.88 Å². The van der Waals surface area contributed by atoms with Gasteiger partial charge >= 0.3 is 0 Å². The number of ether oxygens (including phenoxy) is 1. The first kappa shape index (κ1) is 13.0. The second-order valence-corrected chi connectivity index (χ2v) is 3.91.